The van der Waals surface area contributed by atoms with Gasteiger partial charge in [0.15, 0.2) is 5.89 Å². The predicted molar refractivity (Wildman–Crippen MR) is 52.7 cm³/mol. The van der Waals surface area contributed by atoms with Gasteiger partial charge < -0.3 is 10.2 Å². The zero-order chi connectivity index (χ0) is 10.1. The van der Waals surface area contributed by atoms with Crippen LogP contribution in [-0.4, -0.2) is 11.5 Å². The van der Waals surface area contributed by atoms with E-state index in [2.05, 4.69) is 25.8 Å². The van der Waals surface area contributed by atoms with Crippen LogP contribution in [0.4, 0.5) is 0 Å². The Labute approximate surface area is 79.3 Å². The van der Waals surface area contributed by atoms with E-state index in [0.717, 1.165) is 23.8 Å². The lowest BCUT2D eigenvalue weighted by Crippen LogP contribution is -2.14. The third-order valence-electron chi connectivity index (χ3n) is 1.87. The SMILES string of the molecule is Cc1nc(CCN)c(C(C)(C)C)o1. The predicted octanol–water partition coefficient (Wildman–Crippen LogP) is 1.78. The lowest BCUT2D eigenvalue weighted by Gasteiger charge is -2.15. The summed E-state index contributed by atoms with van der Waals surface area (Å²) in [5.41, 5.74) is 6.53. The summed E-state index contributed by atoms with van der Waals surface area (Å²) in [6.45, 7) is 8.84. The molecule has 1 aromatic heterocycles. The Morgan fingerprint density at radius 2 is 2.00 bits per heavy atom. The van der Waals surface area contributed by atoms with Crippen molar-refractivity contribution < 1.29 is 4.42 Å². The van der Waals surface area contributed by atoms with Crippen molar-refractivity contribution in [2.45, 2.75) is 39.5 Å². The fourth-order valence-corrected chi connectivity index (χ4v) is 1.36. The van der Waals surface area contributed by atoms with Gasteiger partial charge >= 0.3 is 0 Å². The highest BCUT2D eigenvalue weighted by molar-refractivity contribution is 5.18. The van der Waals surface area contributed by atoms with Gasteiger partial charge in [0, 0.05) is 18.8 Å². The van der Waals surface area contributed by atoms with E-state index < -0.39 is 0 Å². The fourth-order valence-electron chi connectivity index (χ4n) is 1.36. The molecule has 74 valence electrons. The monoisotopic (exact) mass is 182 g/mol. The van der Waals surface area contributed by atoms with E-state index in [-0.39, 0.29) is 5.41 Å². The maximum absolute atomic E-state index is 5.56. The van der Waals surface area contributed by atoms with Gasteiger partial charge in [-0.2, -0.15) is 0 Å². The molecule has 0 fully saturated rings. The van der Waals surface area contributed by atoms with E-state index in [4.69, 9.17) is 10.2 Å². The first-order chi connectivity index (χ1) is 5.95. The molecule has 0 aromatic carbocycles. The van der Waals surface area contributed by atoms with Gasteiger partial charge in [-0.1, -0.05) is 20.8 Å². The molecule has 0 bridgehead atoms. The van der Waals surface area contributed by atoms with Crippen LogP contribution < -0.4 is 5.73 Å². The minimum absolute atomic E-state index is 0.0196. The third kappa shape index (κ3) is 2.31. The first-order valence-electron chi connectivity index (χ1n) is 4.62. The van der Waals surface area contributed by atoms with Crippen LogP contribution in [0.5, 0.6) is 0 Å². The maximum atomic E-state index is 5.56. The van der Waals surface area contributed by atoms with E-state index in [1.54, 1.807) is 0 Å². The van der Waals surface area contributed by atoms with Crippen LogP contribution in [0.1, 0.15) is 38.1 Å². The molecule has 1 heterocycles. The molecule has 0 unspecified atom stereocenters. The molecule has 13 heavy (non-hydrogen) atoms. The molecule has 0 aliphatic heterocycles. The van der Waals surface area contributed by atoms with Crippen molar-refractivity contribution >= 4 is 0 Å². The Kier molecular flexibility index (Phi) is 2.76. The number of aryl methyl sites for hydroxylation is 1. The summed E-state index contributed by atoms with van der Waals surface area (Å²) in [7, 11) is 0. The summed E-state index contributed by atoms with van der Waals surface area (Å²) >= 11 is 0. The molecule has 0 saturated carbocycles. The normalized spacial score (nSPS) is 12.1. The minimum atomic E-state index is 0.0196. The second kappa shape index (κ2) is 3.50. The highest BCUT2D eigenvalue weighted by atomic mass is 16.4. The number of hydrogen-bond acceptors (Lipinski definition) is 3. The topological polar surface area (TPSA) is 52.0 Å². The van der Waals surface area contributed by atoms with Crippen LogP contribution in [0.3, 0.4) is 0 Å². The number of nitrogens with two attached hydrogens (primary N) is 1. The number of oxazole rings is 1. The molecule has 1 aromatic rings. The van der Waals surface area contributed by atoms with Gasteiger partial charge in [0.2, 0.25) is 0 Å². The van der Waals surface area contributed by atoms with E-state index in [9.17, 15) is 0 Å². The average Bonchev–Trinajstić information content (AvgIpc) is 2.30. The second-order valence-electron chi connectivity index (χ2n) is 4.30. The van der Waals surface area contributed by atoms with Crippen LogP contribution in [0.15, 0.2) is 4.42 Å². The maximum Gasteiger partial charge on any atom is 0.191 e. The summed E-state index contributed by atoms with van der Waals surface area (Å²) in [4.78, 5) is 4.32. The van der Waals surface area contributed by atoms with Gasteiger partial charge in [0.05, 0.1) is 5.69 Å². The standard InChI is InChI=1S/C10H18N2O/c1-7-12-8(5-6-11)9(13-7)10(2,3)4/h5-6,11H2,1-4H3. The second-order valence-corrected chi connectivity index (χ2v) is 4.30. The first kappa shape index (κ1) is 10.3. The molecule has 0 saturated heterocycles. The van der Waals surface area contributed by atoms with Crippen LogP contribution in [0, 0.1) is 6.92 Å². The van der Waals surface area contributed by atoms with E-state index >= 15 is 0 Å². The molecule has 0 aliphatic rings. The van der Waals surface area contributed by atoms with Gasteiger partial charge in [-0.05, 0) is 6.54 Å². The number of rotatable bonds is 2. The van der Waals surface area contributed by atoms with Crippen LogP contribution in [-0.2, 0) is 11.8 Å². The van der Waals surface area contributed by atoms with Gasteiger partial charge in [-0.15, -0.1) is 0 Å². The average molecular weight is 182 g/mol. The van der Waals surface area contributed by atoms with Crippen LogP contribution in [0.25, 0.3) is 0 Å². The Morgan fingerprint density at radius 3 is 2.46 bits per heavy atom. The van der Waals surface area contributed by atoms with Crippen molar-refractivity contribution in [2.75, 3.05) is 6.54 Å². The van der Waals surface area contributed by atoms with E-state index in [0.29, 0.717) is 6.54 Å². The van der Waals surface area contributed by atoms with Crippen LogP contribution in [0.2, 0.25) is 0 Å². The highest BCUT2D eigenvalue weighted by Gasteiger charge is 2.23. The smallest absolute Gasteiger partial charge is 0.191 e. The highest BCUT2D eigenvalue weighted by Crippen LogP contribution is 2.26. The largest absolute Gasteiger partial charge is 0.445 e. The Balaban J connectivity index is 3.04. The number of hydrogen-bond donors (Lipinski definition) is 1. The first-order valence-corrected chi connectivity index (χ1v) is 4.62. The van der Waals surface area contributed by atoms with Gasteiger partial charge in [0.1, 0.15) is 5.76 Å². The Morgan fingerprint density at radius 1 is 1.38 bits per heavy atom. The molecule has 3 heteroatoms. The van der Waals surface area contributed by atoms with Crippen molar-refractivity contribution in [3.63, 3.8) is 0 Å². The summed E-state index contributed by atoms with van der Waals surface area (Å²) < 4.78 is 5.56. The summed E-state index contributed by atoms with van der Waals surface area (Å²) in [5.74, 6) is 1.70. The van der Waals surface area contributed by atoms with Crippen LogP contribution >= 0.6 is 0 Å². The molecule has 0 spiro atoms. The lowest BCUT2D eigenvalue weighted by atomic mass is 9.91. The minimum Gasteiger partial charge on any atom is -0.445 e. The molecular weight excluding hydrogens is 164 g/mol. The van der Waals surface area contributed by atoms with Gasteiger partial charge in [0.25, 0.3) is 0 Å². The molecule has 0 atom stereocenters. The number of aromatic nitrogens is 1. The molecule has 3 nitrogen and oxygen atoms in total. The molecule has 0 aliphatic carbocycles. The molecule has 0 radical (unpaired) electrons. The summed E-state index contributed by atoms with van der Waals surface area (Å²) in [6.07, 6.45) is 0.796. The van der Waals surface area contributed by atoms with Crippen molar-refractivity contribution in [3.05, 3.63) is 17.3 Å². The molecule has 0 amide bonds. The molecule has 1 rings (SSSR count). The molecule has 2 N–H and O–H groups in total. The van der Waals surface area contributed by atoms with E-state index in [1.165, 1.54) is 0 Å². The van der Waals surface area contributed by atoms with Gasteiger partial charge in [-0.3, -0.25) is 0 Å². The van der Waals surface area contributed by atoms with E-state index in [1.807, 2.05) is 6.92 Å². The Hall–Kier alpha value is -0.830. The van der Waals surface area contributed by atoms with Crippen molar-refractivity contribution in [3.8, 4) is 0 Å². The zero-order valence-corrected chi connectivity index (χ0v) is 8.85. The number of nitrogens with zero attached hydrogens (tertiary/aromatic N) is 1. The molecular formula is C10H18N2O. The van der Waals surface area contributed by atoms with Crippen molar-refractivity contribution in [1.82, 2.24) is 4.98 Å². The van der Waals surface area contributed by atoms with Gasteiger partial charge in [-0.25, -0.2) is 4.98 Å². The fraction of sp³-hybridized carbons (Fsp3) is 0.700. The van der Waals surface area contributed by atoms with Crippen molar-refractivity contribution in [2.24, 2.45) is 5.73 Å². The Bertz CT molecular complexity index is 284. The quantitative estimate of drug-likeness (QED) is 0.758. The van der Waals surface area contributed by atoms with Crippen molar-refractivity contribution in [1.29, 1.82) is 0 Å². The summed E-state index contributed by atoms with van der Waals surface area (Å²) in [5, 5.41) is 0. The lowest BCUT2D eigenvalue weighted by molar-refractivity contribution is 0.389. The zero-order valence-electron chi connectivity index (χ0n) is 8.85. The third-order valence-corrected chi connectivity index (χ3v) is 1.87. The summed E-state index contributed by atoms with van der Waals surface area (Å²) in [6, 6.07) is 0.